The average molecular weight is 348 g/mol. The third-order valence-electron chi connectivity index (χ3n) is 3.58. The molecule has 0 spiro atoms. The van der Waals surface area contributed by atoms with E-state index in [1.165, 1.54) is 0 Å². The van der Waals surface area contributed by atoms with Crippen LogP contribution in [-0.4, -0.2) is 35.7 Å². The van der Waals surface area contributed by atoms with E-state index in [2.05, 4.69) is 12.2 Å². The molecular formula is C18H24N2O3S. The number of thiocarbonyl (C=S) groups is 1. The molecule has 0 bridgehead atoms. The number of hydrogen-bond donors (Lipinski definition) is 1. The van der Waals surface area contributed by atoms with Crippen LogP contribution in [0.1, 0.15) is 39.2 Å². The van der Waals surface area contributed by atoms with Gasteiger partial charge in [0.05, 0.1) is 13.2 Å². The number of carbonyl (C=O) groups is 1. The molecule has 130 valence electrons. The van der Waals surface area contributed by atoms with E-state index in [1.54, 1.807) is 11.0 Å². The number of carbonyl (C=O) groups excluding carboxylic acids is 1. The minimum atomic E-state index is -0.0831. The maximum Gasteiger partial charge on any atom is 0.276 e. The molecule has 1 heterocycles. The van der Waals surface area contributed by atoms with Crippen LogP contribution in [0.3, 0.4) is 0 Å². The van der Waals surface area contributed by atoms with Crippen LogP contribution in [0, 0.1) is 0 Å². The molecule has 1 N–H and O–H groups in total. The van der Waals surface area contributed by atoms with Gasteiger partial charge >= 0.3 is 0 Å². The largest absolute Gasteiger partial charge is 0.490 e. The molecule has 0 aliphatic carbocycles. The number of unbranched alkanes of at least 4 members (excludes halogenated alkanes) is 1. The Morgan fingerprint density at radius 1 is 1.17 bits per heavy atom. The highest BCUT2D eigenvalue weighted by Gasteiger charge is 2.29. The molecule has 6 heteroatoms. The first-order valence-electron chi connectivity index (χ1n) is 8.34. The Hall–Kier alpha value is -2.08. The Morgan fingerprint density at radius 2 is 1.88 bits per heavy atom. The van der Waals surface area contributed by atoms with E-state index in [1.807, 2.05) is 32.0 Å². The van der Waals surface area contributed by atoms with E-state index >= 15 is 0 Å². The Labute approximate surface area is 148 Å². The van der Waals surface area contributed by atoms with Gasteiger partial charge in [0.1, 0.15) is 5.70 Å². The minimum Gasteiger partial charge on any atom is -0.490 e. The first kappa shape index (κ1) is 18.3. The first-order chi connectivity index (χ1) is 11.6. The molecule has 2 rings (SSSR count). The van der Waals surface area contributed by atoms with Gasteiger partial charge in [-0.25, -0.2) is 0 Å². The summed E-state index contributed by atoms with van der Waals surface area (Å²) in [7, 11) is 0. The highest BCUT2D eigenvalue weighted by atomic mass is 32.1. The van der Waals surface area contributed by atoms with Crippen molar-refractivity contribution in [2.24, 2.45) is 0 Å². The molecule has 1 aliphatic heterocycles. The smallest absolute Gasteiger partial charge is 0.276 e. The zero-order chi connectivity index (χ0) is 17.5. The van der Waals surface area contributed by atoms with Crippen molar-refractivity contribution in [1.29, 1.82) is 0 Å². The molecule has 1 aromatic carbocycles. The van der Waals surface area contributed by atoms with Crippen LogP contribution in [0.25, 0.3) is 6.08 Å². The summed E-state index contributed by atoms with van der Waals surface area (Å²) in [5, 5.41) is 3.47. The Balaban J connectivity index is 2.23. The molecule has 1 amide bonds. The normalized spacial score (nSPS) is 15.8. The van der Waals surface area contributed by atoms with Crippen LogP contribution in [0.2, 0.25) is 0 Å². The molecule has 0 atom stereocenters. The average Bonchev–Trinajstić information content (AvgIpc) is 2.82. The fraction of sp³-hybridized carbons (Fsp3) is 0.444. The lowest BCUT2D eigenvalue weighted by Gasteiger charge is -2.12. The summed E-state index contributed by atoms with van der Waals surface area (Å²) < 4.78 is 11.2. The van der Waals surface area contributed by atoms with Crippen LogP contribution >= 0.6 is 12.2 Å². The van der Waals surface area contributed by atoms with Crippen LogP contribution in [0.4, 0.5) is 0 Å². The van der Waals surface area contributed by atoms with Gasteiger partial charge in [-0.3, -0.25) is 9.69 Å². The van der Waals surface area contributed by atoms with Gasteiger partial charge in [0, 0.05) is 6.54 Å². The summed E-state index contributed by atoms with van der Waals surface area (Å²) >= 11 is 5.26. The number of benzene rings is 1. The van der Waals surface area contributed by atoms with Gasteiger partial charge in [-0.05, 0) is 56.3 Å². The number of hydrogen-bond acceptors (Lipinski definition) is 4. The number of nitrogens with zero attached hydrogens (tertiary/aromatic N) is 1. The lowest BCUT2D eigenvalue weighted by molar-refractivity contribution is -0.122. The molecule has 0 radical (unpaired) electrons. The van der Waals surface area contributed by atoms with Crippen molar-refractivity contribution < 1.29 is 14.3 Å². The lowest BCUT2D eigenvalue weighted by Crippen LogP contribution is -2.31. The number of ether oxygens (including phenoxy) is 2. The van der Waals surface area contributed by atoms with Crippen molar-refractivity contribution >= 4 is 29.3 Å². The molecule has 0 saturated carbocycles. The summed E-state index contributed by atoms with van der Waals surface area (Å²) in [5.74, 6) is 1.29. The van der Waals surface area contributed by atoms with Gasteiger partial charge in [-0.1, -0.05) is 19.4 Å². The topological polar surface area (TPSA) is 50.8 Å². The molecule has 5 nitrogen and oxygen atoms in total. The van der Waals surface area contributed by atoms with E-state index in [4.69, 9.17) is 21.7 Å². The minimum absolute atomic E-state index is 0.0831. The van der Waals surface area contributed by atoms with Crippen LogP contribution < -0.4 is 14.8 Å². The molecule has 0 unspecified atom stereocenters. The maximum absolute atomic E-state index is 12.5. The summed E-state index contributed by atoms with van der Waals surface area (Å²) in [4.78, 5) is 14.1. The monoisotopic (exact) mass is 348 g/mol. The Kier molecular flexibility index (Phi) is 6.61. The van der Waals surface area contributed by atoms with E-state index in [0.29, 0.717) is 42.1 Å². The third-order valence-corrected chi connectivity index (χ3v) is 3.90. The second-order valence-corrected chi connectivity index (χ2v) is 5.76. The molecule has 1 fully saturated rings. The fourth-order valence-corrected chi connectivity index (χ4v) is 2.70. The molecule has 1 aromatic rings. The summed E-state index contributed by atoms with van der Waals surface area (Å²) in [6.45, 7) is 7.70. The zero-order valence-corrected chi connectivity index (χ0v) is 15.2. The quantitative estimate of drug-likeness (QED) is 0.577. The van der Waals surface area contributed by atoms with E-state index < -0.39 is 0 Å². The number of nitrogens with one attached hydrogen (secondary N) is 1. The lowest BCUT2D eigenvalue weighted by atomic mass is 10.1. The van der Waals surface area contributed by atoms with Crippen molar-refractivity contribution in [1.82, 2.24) is 10.2 Å². The standard InChI is InChI=1S/C18H24N2O3S/c1-4-7-10-20-17(21)14(19-18(20)24)11-13-8-9-15(22-5-2)16(12-13)23-6-3/h8-9,11-12H,4-7,10H2,1-3H3,(H,19,24)/b14-11+. The molecule has 24 heavy (non-hydrogen) atoms. The molecule has 0 aromatic heterocycles. The third kappa shape index (κ3) is 4.26. The van der Waals surface area contributed by atoms with Gasteiger partial charge in [0.15, 0.2) is 16.6 Å². The SMILES string of the molecule is CCCCN1C(=O)/C(=C\c2ccc(OCC)c(OCC)c2)NC1=S. The van der Waals surface area contributed by atoms with E-state index in [0.717, 1.165) is 18.4 Å². The number of amides is 1. The second kappa shape index (κ2) is 8.68. The van der Waals surface area contributed by atoms with Crippen molar-refractivity contribution in [3.05, 3.63) is 29.5 Å². The molecule has 1 saturated heterocycles. The second-order valence-electron chi connectivity index (χ2n) is 5.37. The van der Waals surface area contributed by atoms with Crippen molar-refractivity contribution in [2.45, 2.75) is 33.6 Å². The summed E-state index contributed by atoms with van der Waals surface area (Å²) in [6.07, 6.45) is 3.74. The Bertz CT molecular complexity index is 643. The first-order valence-corrected chi connectivity index (χ1v) is 8.75. The van der Waals surface area contributed by atoms with Gasteiger partial charge in [0.2, 0.25) is 0 Å². The molecular weight excluding hydrogens is 324 g/mol. The predicted molar refractivity (Wildman–Crippen MR) is 99.1 cm³/mol. The van der Waals surface area contributed by atoms with Crippen LogP contribution in [0.5, 0.6) is 11.5 Å². The maximum atomic E-state index is 12.5. The molecule has 1 aliphatic rings. The van der Waals surface area contributed by atoms with Gasteiger partial charge in [-0.2, -0.15) is 0 Å². The predicted octanol–water partition coefficient (Wildman–Crippen LogP) is 3.34. The zero-order valence-electron chi connectivity index (χ0n) is 14.4. The van der Waals surface area contributed by atoms with Gasteiger partial charge < -0.3 is 14.8 Å². The highest BCUT2D eigenvalue weighted by molar-refractivity contribution is 7.80. The van der Waals surface area contributed by atoms with Crippen molar-refractivity contribution in [3.8, 4) is 11.5 Å². The van der Waals surface area contributed by atoms with Gasteiger partial charge in [0.25, 0.3) is 5.91 Å². The van der Waals surface area contributed by atoms with E-state index in [9.17, 15) is 4.79 Å². The summed E-state index contributed by atoms with van der Waals surface area (Å²) in [6, 6.07) is 5.62. The van der Waals surface area contributed by atoms with Crippen LogP contribution in [-0.2, 0) is 4.79 Å². The Morgan fingerprint density at radius 3 is 2.54 bits per heavy atom. The van der Waals surface area contributed by atoms with Crippen molar-refractivity contribution in [3.63, 3.8) is 0 Å². The van der Waals surface area contributed by atoms with Crippen LogP contribution in [0.15, 0.2) is 23.9 Å². The highest BCUT2D eigenvalue weighted by Crippen LogP contribution is 2.29. The van der Waals surface area contributed by atoms with Gasteiger partial charge in [-0.15, -0.1) is 0 Å². The van der Waals surface area contributed by atoms with E-state index in [-0.39, 0.29) is 5.91 Å². The fourth-order valence-electron chi connectivity index (χ4n) is 2.42. The van der Waals surface area contributed by atoms with Crippen molar-refractivity contribution in [2.75, 3.05) is 19.8 Å². The number of rotatable bonds is 8. The summed E-state index contributed by atoms with van der Waals surface area (Å²) in [5.41, 5.74) is 1.35.